The fourth-order valence-electron chi connectivity index (χ4n) is 1.82. The molecule has 2 nitrogen and oxygen atoms in total. The van der Waals surface area contributed by atoms with Gasteiger partial charge in [0.15, 0.2) is 0 Å². The first-order valence-corrected chi connectivity index (χ1v) is 8.94. The normalized spacial score (nSPS) is 10.8. The summed E-state index contributed by atoms with van der Waals surface area (Å²) in [6.07, 6.45) is 0. The largest absolute Gasteiger partial charge is 0.492 e. The van der Waals surface area contributed by atoms with Crippen molar-refractivity contribution in [3.63, 3.8) is 0 Å². The first-order chi connectivity index (χ1) is 9.60. The van der Waals surface area contributed by atoms with Crippen LogP contribution in [0.3, 0.4) is 0 Å². The van der Waals surface area contributed by atoms with Crippen molar-refractivity contribution in [3.05, 3.63) is 48.0 Å². The van der Waals surface area contributed by atoms with Gasteiger partial charge in [0.25, 0.3) is 0 Å². The summed E-state index contributed by atoms with van der Waals surface area (Å²) < 4.78 is 8.52. The molecular formula is C14H14Br2ClNOS. The van der Waals surface area contributed by atoms with E-state index in [9.17, 15) is 0 Å². The molecule has 1 aromatic carbocycles. The molecule has 0 unspecified atom stereocenters. The molecule has 1 heterocycles. The minimum Gasteiger partial charge on any atom is -0.492 e. The number of ether oxygens (including phenoxy) is 1. The van der Waals surface area contributed by atoms with Crippen LogP contribution in [0.2, 0.25) is 4.34 Å². The van der Waals surface area contributed by atoms with Crippen molar-refractivity contribution in [2.45, 2.75) is 20.0 Å². The average molecular weight is 440 g/mol. The highest BCUT2D eigenvalue weighted by Gasteiger charge is 2.10. The van der Waals surface area contributed by atoms with Crippen molar-refractivity contribution in [2.75, 3.05) is 6.61 Å². The second kappa shape index (κ2) is 7.80. The van der Waals surface area contributed by atoms with E-state index in [0.717, 1.165) is 37.7 Å². The third kappa shape index (κ3) is 4.46. The van der Waals surface area contributed by atoms with Gasteiger partial charge in [-0.1, -0.05) is 27.5 Å². The van der Waals surface area contributed by atoms with Gasteiger partial charge in [0.1, 0.15) is 5.75 Å². The molecule has 0 amide bonds. The van der Waals surface area contributed by atoms with E-state index in [1.165, 1.54) is 4.88 Å². The lowest BCUT2D eigenvalue weighted by Gasteiger charge is -2.13. The first-order valence-electron chi connectivity index (χ1n) is 6.15. The number of nitrogens with one attached hydrogen (secondary N) is 1. The second-order valence-corrected chi connectivity index (χ2v) is 7.69. The maximum atomic E-state index is 5.92. The van der Waals surface area contributed by atoms with Gasteiger partial charge >= 0.3 is 0 Å². The van der Waals surface area contributed by atoms with Crippen molar-refractivity contribution >= 4 is 54.8 Å². The lowest BCUT2D eigenvalue weighted by molar-refractivity contribution is 0.333. The Labute approximate surface area is 144 Å². The van der Waals surface area contributed by atoms with Crippen molar-refractivity contribution in [1.29, 1.82) is 0 Å². The molecule has 0 spiro atoms. The lowest BCUT2D eigenvalue weighted by Crippen LogP contribution is -2.13. The first kappa shape index (κ1) is 16.3. The predicted octanol–water partition coefficient (Wildman–Crippen LogP) is 5.62. The fourth-order valence-corrected chi connectivity index (χ4v) is 4.30. The third-order valence-electron chi connectivity index (χ3n) is 2.62. The molecular weight excluding hydrogens is 425 g/mol. The summed E-state index contributed by atoms with van der Waals surface area (Å²) in [4.78, 5) is 1.22. The van der Waals surface area contributed by atoms with Crippen LogP contribution >= 0.6 is 54.8 Å². The van der Waals surface area contributed by atoms with Gasteiger partial charge in [0.05, 0.1) is 15.4 Å². The molecule has 2 rings (SSSR count). The van der Waals surface area contributed by atoms with Crippen LogP contribution in [-0.4, -0.2) is 6.61 Å². The molecule has 0 saturated heterocycles. The van der Waals surface area contributed by atoms with E-state index in [1.807, 2.05) is 25.1 Å². The molecule has 0 aliphatic carbocycles. The van der Waals surface area contributed by atoms with Crippen LogP contribution < -0.4 is 10.1 Å². The van der Waals surface area contributed by atoms with Crippen LogP contribution in [0.25, 0.3) is 0 Å². The molecule has 6 heteroatoms. The highest BCUT2D eigenvalue weighted by atomic mass is 79.9. The van der Waals surface area contributed by atoms with Crippen LogP contribution in [0.1, 0.15) is 17.4 Å². The number of thiophene rings is 1. The molecule has 0 aliphatic heterocycles. The summed E-state index contributed by atoms with van der Waals surface area (Å²) >= 11 is 14.6. The van der Waals surface area contributed by atoms with Gasteiger partial charge < -0.3 is 10.1 Å². The summed E-state index contributed by atoms with van der Waals surface area (Å²) in [5.74, 6) is 0.896. The number of hydrogen-bond acceptors (Lipinski definition) is 3. The molecule has 1 aromatic heterocycles. The Bertz CT molecular complexity index is 589. The molecule has 0 radical (unpaired) electrons. The number of rotatable bonds is 6. The standard InChI is InChI=1S/C14H14Br2ClNOS/c1-2-19-14-9(5-10(15)6-12(14)16)7-18-8-11-3-4-13(17)20-11/h3-6,18H,2,7-8H2,1H3. The van der Waals surface area contributed by atoms with Gasteiger partial charge in [-0.05, 0) is 47.1 Å². The quantitative estimate of drug-likeness (QED) is 0.631. The Morgan fingerprint density at radius 2 is 2.05 bits per heavy atom. The van der Waals surface area contributed by atoms with Crippen LogP contribution in [0.4, 0.5) is 0 Å². The second-order valence-electron chi connectivity index (χ2n) is 4.12. The Morgan fingerprint density at radius 1 is 1.25 bits per heavy atom. The SMILES string of the molecule is CCOc1c(Br)cc(Br)cc1CNCc1ccc(Cl)s1. The van der Waals surface area contributed by atoms with E-state index in [0.29, 0.717) is 6.61 Å². The molecule has 0 bridgehead atoms. The number of benzene rings is 1. The molecule has 108 valence electrons. The molecule has 0 aliphatic rings. The van der Waals surface area contributed by atoms with E-state index >= 15 is 0 Å². The summed E-state index contributed by atoms with van der Waals surface area (Å²) in [5.41, 5.74) is 1.12. The third-order valence-corrected chi connectivity index (χ3v) is 4.90. The zero-order valence-electron chi connectivity index (χ0n) is 10.9. The monoisotopic (exact) mass is 437 g/mol. The molecule has 2 aromatic rings. The fraction of sp³-hybridized carbons (Fsp3) is 0.286. The van der Waals surface area contributed by atoms with Gasteiger partial charge in [-0.15, -0.1) is 11.3 Å². The maximum Gasteiger partial charge on any atom is 0.138 e. The Morgan fingerprint density at radius 3 is 2.70 bits per heavy atom. The van der Waals surface area contributed by atoms with E-state index < -0.39 is 0 Å². The summed E-state index contributed by atoms with van der Waals surface area (Å²) in [7, 11) is 0. The van der Waals surface area contributed by atoms with E-state index in [2.05, 4.69) is 43.2 Å². The Balaban J connectivity index is 2.04. The molecule has 0 atom stereocenters. The van der Waals surface area contributed by atoms with Crippen LogP contribution in [0.5, 0.6) is 5.75 Å². The van der Waals surface area contributed by atoms with Crippen molar-refractivity contribution in [3.8, 4) is 5.75 Å². The zero-order chi connectivity index (χ0) is 14.5. The minimum absolute atomic E-state index is 0.647. The van der Waals surface area contributed by atoms with Crippen LogP contribution in [-0.2, 0) is 13.1 Å². The minimum atomic E-state index is 0.647. The van der Waals surface area contributed by atoms with Crippen molar-refractivity contribution in [1.82, 2.24) is 5.32 Å². The van der Waals surface area contributed by atoms with Gasteiger partial charge in [-0.25, -0.2) is 0 Å². The number of halogens is 3. The van der Waals surface area contributed by atoms with Gasteiger partial charge in [-0.2, -0.15) is 0 Å². The summed E-state index contributed by atoms with van der Waals surface area (Å²) in [5, 5.41) is 3.41. The van der Waals surface area contributed by atoms with Crippen molar-refractivity contribution < 1.29 is 4.74 Å². The molecule has 1 N–H and O–H groups in total. The van der Waals surface area contributed by atoms with Crippen LogP contribution in [0.15, 0.2) is 33.2 Å². The summed E-state index contributed by atoms with van der Waals surface area (Å²) in [6.45, 7) is 4.17. The Hall–Kier alpha value is -0.0700. The van der Waals surface area contributed by atoms with Crippen LogP contribution in [0, 0.1) is 0 Å². The van der Waals surface area contributed by atoms with E-state index in [-0.39, 0.29) is 0 Å². The van der Waals surface area contributed by atoms with Gasteiger partial charge in [-0.3, -0.25) is 0 Å². The van der Waals surface area contributed by atoms with E-state index in [4.69, 9.17) is 16.3 Å². The van der Waals surface area contributed by atoms with Gasteiger partial charge in [0, 0.05) is 28.0 Å². The molecule has 0 fully saturated rings. The highest BCUT2D eigenvalue weighted by molar-refractivity contribution is 9.11. The maximum absolute atomic E-state index is 5.92. The topological polar surface area (TPSA) is 21.3 Å². The van der Waals surface area contributed by atoms with Crippen molar-refractivity contribution in [2.24, 2.45) is 0 Å². The van der Waals surface area contributed by atoms with E-state index in [1.54, 1.807) is 11.3 Å². The molecule has 20 heavy (non-hydrogen) atoms. The smallest absolute Gasteiger partial charge is 0.138 e. The van der Waals surface area contributed by atoms with Gasteiger partial charge in [0.2, 0.25) is 0 Å². The summed E-state index contributed by atoms with van der Waals surface area (Å²) in [6, 6.07) is 8.03. The number of hydrogen-bond donors (Lipinski definition) is 1. The highest BCUT2D eigenvalue weighted by Crippen LogP contribution is 2.33. The predicted molar refractivity (Wildman–Crippen MR) is 92.9 cm³/mol. The Kier molecular flexibility index (Phi) is 6.36. The lowest BCUT2D eigenvalue weighted by atomic mass is 10.2. The zero-order valence-corrected chi connectivity index (χ0v) is 15.6. The molecule has 0 saturated carbocycles. The average Bonchev–Trinajstić information content (AvgIpc) is 2.79.